The number of aromatic nitrogens is 1. The Bertz CT molecular complexity index is 787. The van der Waals surface area contributed by atoms with E-state index in [9.17, 15) is 9.18 Å². The summed E-state index contributed by atoms with van der Waals surface area (Å²) in [6.45, 7) is 2.87. The Morgan fingerprint density at radius 2 is 1.81 bits per heavy atom. The number of para-hydroxylation sites is 1. The highest BCUT2D eigenvalue weighted by Crippen LogP contribution is 2.34. The van der Waals surface area contributed by atoms with Crippen LogP contribution in [0.25, 0.3) is 22.0 Å². The van der Waals surface area contributed by atoms with E-state index >= 15 is 0 Å². The summed E-state index contributed by atoms with van der Waals surface area (Å²) in [5.41, 5.74) is 3.45. The molecule has 106 valence electrons. The van der Waals surface area contributed by atoms with Gasteiger partial charge in [-0.2, -0.15) is 0 Å². The number of halogens is 1. The summed E-state index contributed by atoms with van der Waals surface area (Å²) in [5, 5.41) is 1.03. The first kappa shape index (κ1) is 13.6. The Labute approximate surface area is 122 Å². The van der Waals surface area contributed by atoms with Crippen molar-refractivity contribution in [3.8, 4) is 11.1 Å². The van der Waals surface area contributed by atoms with Crippen molar-refractivity contribution in [1.29, 1.82) is 0 Å². The van der Waals surface area contributed by atoms with E-state index in [2.05, 4.69) is 6.92 Å². The van der Waals surface area contributed by atoms with Crippen molar-refractivity contribution in [3.05, 3.63) is 60.0 Å². The quantitative estimate of drug-likeness (QED) is 0.637. The van der Waals surface area contributed by atoms with Gasteiger partial charge in [-0.05, 0) is 30.2 Å². The lowest BCUT2D eigenvalue weighted by Crippen LogP contribution is -2.01. The SMILES string of the molecule is CCCn1c(C=O)c(-c2ccc(F)cc2)c2ccccc21. The van der Waals surface area contributed by atoms with Crippen LogP contribution in [0.1, 0.15) is 23.8 Å². The Hall–Kier alpha value is -2.42. The number of hydrogen-bond donors (Lipinski definition) is 0. The van der Waals surface area contributed by atoms with Crippen LogP contribution in [0.3, 0.4) is 0 Å². The van der Waals surface area contributed by atoms with Gasteiger partial charge in [-0.15, -0.1) is 0 Å². The summed E-state index contributed by atoms with van der Waals surface area (Å²) in [4.78, 5) is 11.6. The zero-order chi connectivity index (χ0) is 14.8. The van der Waals surface area contributed by atoms with Gasteiger partial charge in [0.1, 0.15) is 5.82 Å². The molecule has 0 unspecified atom stereocenters. The molecule has 2 nitrogen and oxygen atoms in total. The molecular weight excluding hydrogens is 265 g/mol. The minimum absolute atomic E-state index is 0.274. The number of rotatable bonds is 4. The standard InChI is InChI=1S/C18H16FNO/c1-2-11-20-16-6-4-3-5-15(16)18(17(20)12-21)13-7-9-14(19)10-8-13/h3-10,12H,2,11H2,1H3. The minimum Gasteiger partial charge on any atom is -0.338 e. The predicted molar refractivity (Wildman–Crippen MR) is 83.0 cm³/mol. The second kappa shape index (κ2) is 5.52. The van der Waals surface area contributed by atoms with Gasteiger partial charge >= 0.3 is 0 Å². The Morgan fingerprint density at radius 1 is 1.10 bits per heavy atom. The van der Waals surface area contributed by atoms with E-state index in [1.165, 1.54) is 12.1 Å². The molecule has 3 aromatic rings. The molecule has 2 aromatic carbocycles. The van der Waals surface area contributed by atoms with Crippen LogP contribution in [-0.2, 0) is 6.54 Å². The fraction of sp³-hybridized carbons (Fsp3) is 0.167. The highest BCUT2D eigenvalue weighted by Gasteiger charge is 2.17. The number of nitrogens with zero attached hydrogens (tertiary/aromatic N) is 1. The van der Waals surface area contributed by atoms with Crippen molar-refractivity contribution in [1.82, 2.24) is 4.57 Å². The minimum atomic E-state index is -0.274. The smallest absolute Gasteiger partial charge is 0.167 e. The van der Waals surface area contributed by atoms with E-state index in [4.69, 9.17) is 0 Å². The molecule has 0 aliphatic carbocycles. The number of hydrogen-bond acceptors (Lipinski definition) is 1. The lowest BCUT2D eigenvalue weighted by Gasteiger charge is -2.06. The van der Waals surface area contributed by atoms with E-state index in [1.807, 2.05) is 28.8 Å². The summed E-state index contributed by atoms with van der Waals surface area (Å²) >= 11 is 0. The number of benzene rings is 2. The highest BCUT2D eigenvalue weighted by molar-refractivity contribution is 6.04. The van der Waals surface area contributed by atoms with E-state index < -0.39 is 0 Å². The monoisotopic (exact) mass is 281 g/mol. The Morgan fingerprint density at radius 3 is 2.48 bits per heavy atom. The predicted octanol–water partition coefficient (Wildman–Crippen LogP) is 4.67. The summed E-state index contributed by atoms with van der Waals surface area (Å²) in [5.74, 6) is -0.274. The maximum atomic E-state index is 13.1. The van der Waals surface area contributed by atoms with Gasteiger partial charge in [0.15, 0.2) is 6.29 Å². The molecule has 21 heavy (non-hydrogen) atoms. The van der Waals surface area contributed by atoms with Gasteiger partial charge in [-0.25, -0.2) is 4.39 Å². The molecule has 3 heteroatoms. The zero-order valence-electron chi connectivity index (χ0n) is 11.8. The molecule has 3 rings (SSSR count). The van der Waals surface area contributed by atoms with Gasteiger partial charge in [0, 0.05) is 23.0 Å². The van der Waals surface area contributed by atoms with Crippen LogP contribution >= 0.6 is 0 Å². The number of aldehydes is 1. The van der Waals surface area contributed by atoms with Crippen LogP contribution in [-0.4, -0.2) is 10.9 Å². The number of fused-ring (bicyclic) bond motifs is 1. The number of aryl methyl sites for hydroxylation is 1. The lowest BCUT2D eigenvalue weighted by atomic mass is 10.0. The zero-order valence-corrected chi connectivity index (χ0v) is 11.8. The van der Waals surface area contributed by atoms with Crippen LogP contribution < -0.4 is 0 Å². The molecular formula is C18H16FNO. The summed E-state index contributed by atoms with van der Waals surface area (Å²) < 4.78 is 15.2. The second-order valence-electron chi connectivity index (χ2n) is 5.05. The van der Waals surface area contributed by atoms with E-state index in [-0.39, 0.29) is 5.82 Å². The van der Waals surface area contributed by atoms with E-state index in [0.29, 0.717) is 5.69 Å². The maximum Gasteiger partial charge on any atom is 0.167 e. The summed E-state index contributed by atoms with van der Waals surface area (Å²) in [6.07, 6.45) is 1.84. The second-order valence-corrected chi connectivity index (χ2v) is 5.05. The summed E-state index contributed by atoms with van der Waals surface area (Å²) in [7, 11) is 0. The third-order valence-corrected chi connectivity index (χ3v) is 3.70. The van der Waals surface area contributed by atoms with Gasteiger partial charge in [-0.1, -0.05) is 37.3 Å². The van der Waals surface area contributed by atoms with Crippen LogP contribution in [0.15, 0.2) is 48.5 Å². The fourth-order valence-corrected chi connectivity index (χ4v) is 2.83. The molecule has 0 N–H and O–H groups in total. The van der Waals surface area contributed by atoms with Gasteiger partial charge in [0.05, 0.1) is 5.69 Å². The van der Waals surface area contributed by atoms with Crippen LogP contribution in [0.2, 0.25) is 0 Å². The van der Waals surface area contributed by atoms with Crippen molar-refractivity contribution in [3.63, 3.8) is 0 Å². The molecule has 0 aliphatic heterocycles. The van der Waals surface area contributed by atoms with Crippen molar-refractivity contribution < 1.29 is 9.18 Å². The molecule has 0 bridgehead atoms. The largest absolute Gasteiger partial charge is 0.338 e. The van der Waals surface area contributed by atoms with Crippen LogP contribution in [0.5, 0.6) is 0 Å². The summed E-state index contributed by atoms with van der Waals surface area (Å²) in [6, 6.07) is 14.3. The molecule has 0 fully saturated rings. The van der Waals surface area contributed by atoms with Crippen molar-refractivity contribution in [2.24, 2.45) is 0 Å². The number of carbonyl (C=O) groups is 1. The normalized spacial score (nSPS) is 11.0. The van der Waals surface area contributed by atoms with Gasteiger partial charge in [-0.3, -0.25) is 4.79 Å². The molecule has 1 heterocycles. The maximum absolute atomic E-state index is 13.1. The van der Waals surface area contributed by atoms with E-state index in [0.717, 1.165) is 41.3 Å². The third-order valence-electron chi connectivity index (χ3n) is 3.70. The first-order valence-electron chi connectivity index (χ1n) is 7.08. The molecule has 0 atom stereocenters. The first-order chi connectivity index (χ1) is 10.3. The Balaban J connectivity index is 2.35. The highest BCUT2D eigenvalue weighted by atomic mass is 19.1. The molecule has 1 aromatic heterocycles. The number of carbonyl (C=O) groups excluding carboxylic acids is 1. The van der Waals surface area contributed by atoms with Crippen molar-refractivity contribution in [2.45, 2.75) is 19.9 Å². The van der Waals surface area contributed by atoms with Gasteiger partial charge < -0.3 is 4.57 Å². The first-order valence-corrected chi connectivity index (χ1v) is 7.08. The average Bonchev–Trinajstić information content (AvgIpc) is 2.83. The van der Waals surface area contributed by atoms with Crippen molar-refractivity contribution in [2.75, 3.05) is 0 Å². The molecule has 0 aliphatic rings. The molecule has 0 spiro atoms. The van der Waals surface area contributed by atoms with Gasteiger partial charge in [0.2, 0.25) is 0 Å². The average molecular weight is 281 g/mol. The third kappa shape index (κ3) is 2.25. The topological polar surface area (TPSA) is 22.0 Å². The van der Waals surface area contributed by atoms with Crippen molar-refractivity contribution >= 4 is 17.2 Å². The lowest BCUT2D eigenvalue weighted by molar-refractivity contribution is 0.111. The van der Waals surface area contributed by atoms with E-state index in [1.54, 1.807) is 12.1 Å². The molecule has 0 radical (unpaired) electrons. The van der Waals surface area contributed by atoms with Crippen LogP contribution in [0, 0.1) is 5.82 Å². The molecule has 0 saturated heterocycles. The molecule has 0 saturated carbocycles. The fourth-order valence-electron chi connectivity index (χ4n) is 2.83. The molecule has 0 amide bonds. The Kier molecular flexibility index (Phi) is 3.57. The van der Waals surface area contributed by atoms with Gasteiger partial charge in [0.25, 0.3) is 0 Å². The van der Waals surface area contributed by atoms with Crippen LogP contribution in [0.4, 0.5) is 4.39 Å².